The van der Waals surface area contributed by atoms with Gasteiger partial charge in [0.15, 0.2) is 5.96 Å². The number of hydrogen-bond acceptors (Lipinski definition) is 3. The van der Waals surface area contributed by atoms with Crippen molar-refractivity contribution >= 4 is 29.9 Å². The van der Waals surface area contributed by atoms with Crippen LogP contribution in [0.1, 0.15) is 32.3 Å². The minimum Gasteiger partial charge on any atom is -0.496 e. The summed E-state index contributed by atoms with van der Waals surface area (Å²) in [5, 5.41) is 6.66. The van der Waals surface area contributed by atoms with E-state index in [9.17, 15) is 0 Å². The number of para-hydroxylation sites is 1. The Hall–Kier alpha value is -1.02. The Balaban J connectivity index is 0.00000264. The molecular formula is C17H28IN3O2. The third-order valence-electron chi connectivity index (χ3n) is 3.87. The molecule has 2 rings (SSSR count). The maximum absolute atomic E-state index is 5.80. The summed E-state index contributed by atoms with van der Waals surface area (Å²) in [5.41, 5.74) is 0.992. The standard InChI is InChI=1S/C17H27N3O2.HI/c1-4-18-16(20-13-17(2)10-7-11-22-17)19-12-14-8-5-6-9-15(14)21-3;/h5-6,8-9H,4,7,10-13H2,1-3H3,(H2,18,19,20);1H. The molecule has 6 heteroatoms. The van der Waals surface area contributed by atoms with Gasteiger partial charge in [-0.3, -0.25) is 0 Å². The first-order valence-corrected chi connectivity index (χ1v) is 7.95. The van der Waals surface area contributed by atoms with E-state index in [0.717, 1.165) is 49.8 Å². The molecule has 5 nitrogen and oxygen atoms in total. The van der Waals surface area contributed by atoms with Crippen LogP contribution in [0.4, 0.5) is 0 Å². The molecule has 0 aromatic heterocycles. The molecule has 0 bridgehead atoms. The highest BCUT2D eigenvalue weighted by molar-refractivity contribution is 14.0. The lowest BCUT2D eigenvalue weighted by Crippen LogP contribution is -2.45. The SMILES string of the molecule is CCNC(=NCc1ccccc1OC)NCC1(C)CCCO1.I. The van der Waals surface area contributed by atoms with Crippen molar-refractivity contribution in [3.63, 3.8) is 0 Å². The highest BCUT2D eigenvalue weighted by Gasteiger charge is 2.29. The van der Waals surface area contributed by atoms with Crippen LogP contribution in [0, 0.1) is 0 Å². The molecule has 1 unspecified atom stereocenters. The topological polar surface area (TPSA) is 54.9 Å². The molecule has 0 amide bonds. The number of benzene rings is 1. The van der Waals surface area contributed by atoms with Crippen LogP contribution in [0.15, 0.2) is 29.3 Å². The van der Waals surface area contributed by atoms with Crippen molar-refractivity contribution in [2.24, 2.45) is 4.99 Å². The van der Waals surface area contributed by atoms with Crippen molar-refractivity contribution in [3.05, 3.63) is 29.8 Å². The molecule has 0 radical (unpaired) electrons. The Kier molecular flexibility index (Phi) is 8.68. The van der Waals surface area contributed by atoms with Crippen LogP contribution in [-0.2, 0) is 11.3 Å². The summed E-state index contributed by atoms with van der Waals surface area (Å²) < 4.78 is 11.2. The number of hydrogen-bond donors (Lipinski definition) is 2. The van der Waals surface area contributed by atoms with Gasteiger partial charge in [0.05, 0.1) is 19.3 Å². The number of guanidine groups is 1. The van der Waals surface area contributed by atoms with E-state index in [1.807, 2.05) is 24.3 Å². The van der Waals surface area contributed by atoms with E-state index < -0.39 is 0 Å². The lowest BCUT2D eigenvalue weighted by atomic mass is 10.0. The fourth-order valence-corrected chi connectivity index (χ4v) is 2.59. The first-order chi connectivity index (χ1) is 10.7. The molecule has 130 valence electrons. The molecule has 1 fully saturated rings. The van der Waals surface area contributed by atoms with Gasteiger partial charge in [0.1, 0.15) is 5.75 Å². The van der Waals surface area contributed by atoms with Gasteiger partial charge in [0.25, 0.3) is 0 Å². The second kappa shape index (κ2) is 9.97. The Morgan fingerprint density at radius 2 is 2.13 bits per heavy atom. The van der Waals surface area contributed by atoms with Gasteiger partial charge in [-0.25, -0.2) is 4.99 Å². The van der Waals surface area contributed by atoms with Crippen molar-refractivity contribution in [3.8, 4) is 5.75 Å². The predicted molar refractivity (Wildman–Crippen MR) is 105 cm³/mol. The van der Waals surface area contributed by atoms with Crippen molar-refractivity contribution in [2.75, 3.05) is 26.8 Å². The number of nitrogens with one attached hydrogen (secondary N) is 2. The maximum atomic E-state index is 5.80. The van der Waals surface area contributed by atoms with E-state index in [1.165, 1.54) is 0 Å². The van der Waals surface area contributed by atoms with Gasteiger partial charge in [-0.2, -0.15) is 0 Å². The normalized spacial score (nSPS) is 20.7. The molecule has 1 aliphatic heterocycles. The third kappa shape index (κ3) is 6.18. The molecule has 1 aromatic rings. The first-order valence-electron chi connectivity index (χ1n) is 7.95. The Labute approximate surface area is 156 Å². The average Bonchev–Trinajstić information content (AvgIpc) is 2.97. The predicted octanol–water partition coefficient (Wildman–Crippen LogP) is 2.94. The minimum absolute atomic E-state index is 0. The van der Waals surface area contributed by atoms with Crippen LogP contribution >= 0.6 is 24.0 Å². The van der Waals surface area contributed by atoms with Crippen LogP contribution in [0.5, 0.6) is 5.75 Å². The van der Waals surface area contributed by atoms with E-state index >= 15 is 0 Å². The third-order valence-corrected chi connectivity index (χ3v) is 3.87. The molecule has 1 aliphatic rings. The zero-order chi connectivity index (χ0) is 15.8. The molecule has 0 spiro atoms. The van der Waals surface area contributed by atoms with Crippen LogP contribution in [0.25, 0.3) is 0 Å². The molecule has 1 heterocycles. The Morgan fingerprint density at radius 1 is 1.35 bits per heavy atom. The largest absolute Gasteiger partial charge is 0.496 e. The molecule has 0 saturated carbocycles. The maximum Gasteiger partial charge on any atom is 0.191 e. The number of aliphatic imine (C=N–C) groups is 1. The van der Waals surface area contributed by atoms with E-state index in [2.05, 4.69) is 29.5 Å². The van der Waals surface area contributed by atoms with E-state index in [-0.39, 0.29) is 29.6 Å². The van der Waals surface area contributed by atoms with Crippen LogP contribution in [-0.4, -0.2) is 38.4 Å². The summed E-state index contributed by atoms with van der Waals surface area (Å²) in [7, 11) is 1.68. The van der Waals surface area contributed by atoms with Gasteiger partial charge < -0.3 is 20.1 Å². The highest BCUT2D eigenvalue weighted by atomic mass is 127. The zero-order valence-corrected chi connectivity index (χ0v) is 16.6. The molecule has 1 saturated heterocycles. The summed E-state index contributed by atoms with van der Waals surface area (Å²) >= 11 is 0. The Morgan fingerprint density at radius 3 is 2.78 bits per heavy atom. The summed E-state index contributed by atoms with van der Waals surface area (Å²) in [5.74, 6) is 1.68. The second-order valence-corrected chi connectivity index (χ2v) is 5.76. The van der Waals surface area contributed by atoms with Crippen molar-refractivity contribution in [1.29, 1.82) is 0 Å². The molecule has 2 N–H and O–H groups in total. The number of nitrogens with zero attached hydrogens (tertiary/aromatic N) is 1. The molecule has 1 atom stereocenters. The van der Waals surface area contributed by atoms with Gasteiger partial charge in [-0.05, 0) is 32.8 Å². The van der Waals surface area contributed by atoms with Crippen LogP contribution < -0.4 is 15.4 Å². The van der Waals surface area contributed by atoms with Crippen LogP contribution in [0.3, 0.4) is 0 Å². The fourth-order valence-electron chi connectivity index (χ4n) is 2.59. The second-order valence-electron chi connectivity index (χ2n) is 5.76. The summed E-state index contributed by atoms with van der Waals surface area (Å²) in [6, 6.07) is 7.96. The molecular weight excluding hydrogens is 405 g/mol. The van der Waals surface area contributed by atoms with Gasteiger partial charge in [0, 0.05) is 25.3 Å². The molecule has 1 aromatic carbocycles. The zero-order valence-electron chi connectivity index (χ0n) is 14.2. The average molecular weight is 433 g/mol. The fraction of sp³-hybridized carbons (Fsp3) is 0.588. The first kappa shape index (κ1) is 20.0. The number of ether oxygens (including phenoxy) is 2. The monoisotopic (exact) mass is 433 g/mol. The minimum atomic E-state index is -0.0827. The van der Waals surface area contributed by atoms with Crippen molar-refractivity contribution in [2.45, 2.75) is 38.8 Å². The number of rotatable bonds is 6. The Bertz CT molecular complexity index is 502. The smallest absolute Gasteiger partial charge is 0.191 e. The molecule has 23 heavy (non-hydrogen) atoms. The van der Waals surface area contributed by atoms with Crippen molar-refractivity contribution < 1.29 is 9.47 Å². The van der Waals surface area contributed by atoms with Gasteiger partial charge in [0.2, 0.25) is 0 Å². The lowest BCUT2D eigenvalue weighted by Gasteiger charge is -2.24. The number of halogens is 1. The highest BCUT2D eigenvalue weighted by Crippen LogP contribution is 2.23. The summed E-state index contributed by atoms with van der Waals surface area (Å²) in [4.78, 5) is 4.64. The summed E-state index contributed by atoms with van der Waals surface area (Å²) in [6.07, 6.45) is 2.22. The van der Waals surface area contributed by atoms with E-state index in [1.54, 1.807) is 7.11 Å². The van der Waals surface area contributed by atoms with Crippen LogP contribution in [0.2, 0.25) is 0 Å². The van der Waals surface area contributed by atoms with E-state index in [0.29, 0.717) is 6.54 Å². The summed E-state index contributed by atoms with van der Waals surface area (Å²) in [6.45, 7) is 7.24. The van der Waals surface area contributed by atoms with Gasteiger partial charge in [-0.1, -0.05) is 18.2 Å². The number of methoxy groups -OCH3 is 1. The van der Waals surface area contributed by atoms with Crippen molar-refractivity contribution in [1.82, 2.24) is 10.6 Å². The lowest BCUT2D eigenvalue weighted by molar-refractivity contribution is 0.0243. The van der Waals surface area contributed by atoms with Gasteiger partial charge in [-0.15, -0.1) is 24.0 Å². The quantitative estimate of drug-likeness (QED) is 0.412. The molecule has 0 aliphatic carbocycles. The van der Waals surface area contributed by atoms with E-state index in [4.69, 9.17) is 9.47 Å². The van der Waals surface area contributed by atoms with Gasteiger partial charge >= 0.3 is 0 Å².